The first kappa shape index (κ1) is 24.6. The number of carbonyl (C=O) groups is 1. The SMILES string of the molecule is CN(C)S(=O)(=O)c1cccc(NC(=O)CSc2nc3ccccc3c(=O)n2-c2ccc(F)cc2)c1. The topological polar surface area (TPSA) is 101 Å². The third kappa shape index (κ3) is 5.26. The highest BCUT2D eigenvalue weighted by Gasteiger charge is 2.18. The van der Waals surface area contributed by atoms with E-state index in [2.05, 4.69) is 10.3 Å². The maximum absolute atomic E-state index is 13.5. The van der Waals surface area contributed by atoms with E-state index < -0.39 is 21.7 Å². The standard InChI is InChI=1S/C24H21FN4O4S2/c1-28(2)35(32,33)19-7-5-6-17(14-19)26-22(30)15-34-24-27-21-9-4-3-8-20(21)23(31)29(24)18-12-10-16(25)11-13-18/h3-14H,15H2,1-2H3,(H,26,30). The minimum absolute atomic E-state index is 0.0503. The number of carbonyl (C=O) groups excluding carboxylic acids is 1. The molecule has 0 saturated heterocycles. The summed E-state index contributed by atoms with van der Waals surface area (Å²) in [6, 6.07) is 18.2. The van der Waals surface area contributed by atoms with Crippen LogP contribution in [0.1, 0.15) is 0 Å². The molecule has 0 unspecified atom stereocenters. The number of sulfonamides is 1. The number of benzene rings is 3. The molecule has 1 heterocycles. The molecule has 0 aliphatic rings. The quantitative estimate of drug-likeness (QED) is 0.300. The Kier molecular flexibility index (Phi) is 7.01. The van der Waals surface area contributed by atoms with Crippen molar-refractivity contribution < 1.29 is 17.6 Å². The highest BCUT2D eigenvalue weighted by molar-refractivity contribution is 7.99. The summed E-state index contributed by atoms with van der Waals surface area (Å²) in [4.78, 5) is 30.5. The van der Waals surface area contributed by atoms with Crippen molar-refractivity contribution in [1.82, 2.24) is 13.9 Å². The second-order valence-corrected chi connectivity index (χ2v) is 10.8. The van der Waals surface area contributed by atoms with Crippen LogP contribution in [-0.4, -0.2) is 48.0 Å². The van der Waals surface area contributed by atoms with Crippen LogP contribution >= 0.6 is 11.8 Å². The molecular formula is C24H21FN4O4S2. The van der Waals surface area contributed by atoms with Crippen molar-refractivity contribution in [3.63, 3.8) is 0 Å². The number of amides is 1. The molecule has 0 bridgehead atoms. The van der Waals surface area contributed by atoms with Gasteiger partial charge in [-0.05, 0) is 54.6 Å². The zero-order valence-corrected chi connectivity index (χ0v) is 20.4. The summed E-state index contributed by atoms with van der Waals surface area (Å²) in [7, 11) is -0.803. The van der Waals surface area contributed by atoms with E-state index in [-0.39, 0.29) is 21.4 Å². The van der Waals surface area contributed by atoms with E-state index in [1.165, 1.54) is 61.1 Å². The number of hydrogen-bond acceptors (Lipinski definition) is 6. The van der Waals surface area contributed by atoms with Gasteiger partial charge in [-0.25, -0.2) is 22.1 Å². The van der Waals surface area contributed by atoms with Gasteiger partial charge in [-0.15, -0.1) is 0 Å². The number of para-hydroxylation sites is 1. The van der Waals surface area contributed by atoms with Crippen molar-refractivity contribution in [2.45, 2.75) is 10.1 Å². The fourth-order valence-electron chi connectivity index (χ4n) is 3.30. The van der Waals surface area contributed by atoms with Crippen LogP contribution in [0, 0.1) is 5.82 Å². The smallest absolute Gasteiger partial charge is 0.266 e. The van der Waals surface area contributed by atoms with E-state index in [0.717, 1.165) is 16.1 Å². The molecule has 1 aromatic heterocycles. The lowest BCUT2D eigenvalue weighted by molar-refractivity contribution is -0.113. The third-order valence-corrected chi connectivity index (χ3v) is 7.81. The zero-order chi connectivity index (χ0) is 25.2. The lowest BCUT2D eigenvalue weighted by Crippen LogP contribution is -2.23. The summed E-state index contributed by atoms with van der Waals surface area (Å²) in [6.45, 7) is 0. The Bertz CT molecular complexity index is 1570. The van der Waals surface area contributed by atoms with E-state index in [0.29, 0.717) is 22.3 Å². The summed E-state index contributed by atoms with van der Waals surface area (Å²) < 4.78 is 40.6. The average Bonchev–Trinajstić information content (AvgIpc) is 2.84. The summed E-state index contributed by atoms with van der Waals surface area (Å²) in [5.41, 5.74) is 0.868. The largest absolute Gasteiger partial charge is 0.325 e. The number of aromatic nitrogens is 2. The Labute approximate surface area is 205 Å². The van der Waals surface area contributed by atoms with Crippen molar-refractivity contribution in [3.8, 4) is 5.69 Å². The van der Waals surface area contributed by atoms with Crippen LogP contribution in [0.15, 0.2) is 87.6 Å². The molecule has 35 heavy (non-hydrogen) atoms. The lowest BCUT2D eigenvalue weighted by Gasteiger charge is -2.14. The van der Waals surface area contributed by atoms with E-state index >= 15 is 0 Å². The van der Waals surface area contributed by atoms with E-state index in [9.17, 15) is 22.4 Å². The number of halogens is 1. The number of rotatable bonds is 7. The summed E-state index contributed by atoms with van der Waals surface area (Å²) in [5, 5.41) is 3.33. The van der Waals surface area contributed by atoms with Gasteiger partial charge in [0.15, 0.2) is 5.16 Å². The van der Waals surface area contributed by atoms with Gasteiger partial charge in [-0.1, -0.05) is 30.0 Å². The summed E-state index contributed by atoms with van der Waals surface area (Å²) >= 11 is 1.04. The van der Waals surface area contributed by atoms with Crippen LogP contribution in [0.5, 0.6) is 0 Å². The number of thioether (sulfide) groups is 1. The molecule has 0 fully saturated rings. The van der Waals surface area contributed by atoms with Crippen molar-refractivity contribution in [3.05, 3.63) is 89.0 Å². The van der Waals surface area contributed by atoms with Crippen LogP contribution in [0.3, 0.4) is 0 Å². The maximum atomic E-state index is 13.5. The number of fused-ring (bicyclic) bond motifs is 1. The van der Waals surface area contributed by atoms with Gasteiger partial charge in [-0.2, -0.15) is 0 Å². The molecule has 8 nitrogen and oxygen atoms in total. The number of hydrogen-bond donors (Lipinski definition) is 1. The Hall–Kier alpha value is -3.54. The minimum atomic E-state index is -3.65. The molecule has 11 heteroatoms. The van der Waals surface area contributed by atoms with Crippen LogP contribution in [0.2, 0.25) is 0 Å². The molecule has 0 spiro atoms. The number of nitrogens with zero attached hydrogens (tertiary/aromatic N) is 3. The molecular weight excluding hydrogens is 491 g/mol. The van der Waals surface area contributed by atoms with E-state index in [1.807, 2.05) is 0 Å². The number of anilines is 1. The Balaban J connectivity index is 1.61. The molecule has 3 aromatic carbocycles. The molecule has 1 N–H and O–H groups in total. The first-order valence-electron chi connectivity index (χ1n) is 10.4. The highest BCUT2D eigenvalue weighted by atomic mass is 32.2. The van der Waals surface area contributed by atoms with Crippen molar-refractivity contribution in [2.24, 2.45) is 0 Å². The normalized spacial score (nSPS) is 11.7. The minimum Gasteiger partial charge on any atom is -0.325 e. The third-order valence-electron chi connectivity index (χ3n) is 5.06. The van der Waals surface area contributed by atoms with E-state index in [1.54, 1.807) is 30.3 Å². The van der Waals surface area contributed by atoms with Gasteiger partial charge in [0.2, 0.25) is 15.9 Å². The van der Waals surface area contributed by atoms with E-state index in [4.69, 9.17) is 0 Å². The van der Waals surface area contributed by atoms with Crippen LogP contribution in [-0.2, 0) is 14.8 Å². The van der Waals surface area contributed by atoms with Crippen molar-refractivity contribution in [2.75, 3.05) is 25.2 Å². The van der Waals surface area contributed by atoms with Crippen LogP contribution in [0.4, 0.5) is 10.1 Å². The molecule has 1 amide bonds. The molecule has 0 atom stereocenters. The second-order valence-electron chi connectivity index (χ2n) is 7.68. The van der Waals surface area contributed by atoms with Crippen molar-refractivity contribution >= 4 is 44.3 Å². The number of nitrogens with one attached hydrogen (secondary N) is 1. The predicted molar refractivity (Wildman–Crippen MR) is 134 cm³/mol. The Morgan fingerprint density at radius 3 is 2.49 bits per heavy atom. The van der Waals surface area contributed by atoms with Gasteiger partial charge in [0.1, 0.15) is 5.82 Å². The molecule has 0 saturated carbocycles. The fourth-order valence-corrected chi connectivity index (χ4v) is 5.06. The molecule has 4 rings (SSSR count). The first-order valence-corrected chi connectivity index (χ1v) is 12.8. The van der Waals surface area contributed by atoms with Gasteiger partial charge >= 0.3 is 0 Å². The van der Waals surface area contributed by atoms with Gasteiger partial charge in [0, 0.05) is 19.8 Å². The monoisotopic (exact) mass is 512 g/mol. The molecule has 0 aliphatic carbocycles. The van der Waals surface area contributed by atoms with Gasteiger partial charge in [0.25, 0.3) is 5.56 Å². The molecule has 0 aliphatic heterocycles. The van der Waals surface area contributed by atoms with Crippen molar-refractivity contribution in [1.29, 1.82) is 0 Å². The average molecular weight is 513 g/mol. The van der Waals surface area contributed by atoms with Gasteiger partial charge < -0.3 is 5.32 Å². The highest BCUT2D eigenvalue weighted by Crippen LogP contribution is 2.23. The Morgan fingerprint density at radius 1 is 1.06 bits per heavy atom. The lowest BCUT2D eigenvalue weighted by atomic mass is 10.2. The predicted octanol–water partition coefficient (Wildman–Crippen LogP) is 3.51. The molecule has 4 aromatic rings. The first-order chi connectivity index (χ1) is 16.7. The van der Waals surface area contributed by atoms with Gasteiger partial charge in [0.05, 0.1) is 27.2 Å². The van der Waals surface area contributed by atoms with Crippen LogP contribution in [0.25, 0.3) is 16.6 Å². The second kappa shape index (κ2) is 9.98. The maximum Gasteiger partial charge on any atom is 0.266 e. The fraction of sp³-hybridized carbons (Fsp3) is 0.125. The molecule has 0 radical (unpaired) electrons. The zero-order valence-electron chi connectivity index (χ0n) is 18.8. The molecule has 180 valence electrons. The summed E-state index contributed by atoms with van der Waals surface area (Å²) in [5.74, 6) is -0.957. The summed E-state index contributed by atoms with van der Waals surface area (Å²) in [6.07, 6.45) is 0. The van der Waals surface area contributed by atoms with Crippen LogP contribution < -0.4 is 10.9 Å². The Morgan fingerprint density at radius 2 is 1.77 bits per heavy atom. The van der Waals surface area contributed by atoms with Gasteiger partial charge in [-0.3, -0.25) is 14.2 Å².